The lowest BCUT2D eigenvalue weighted by molar-refractivity contribution is -0.203. The molecule has 4 bridgehead atoms. The Morgan fingerprint density at radius 2 is 0.889 bits per heavy atom. The van der Waals surface area contributed by atoms with E-state index in [0.717, 1.165) is 100 Å². The van der Waals surface area contributed by atoms with Crippen LogP contribution in [0.25, 0.3) is 0 Å². The summed E-state index contributed by atoms with van der Waals surface area (Å²) >= 11 is 0. The molecule has 20 heteroatoms. The van der Waals surface area contributed by atoms with Crippen LogP contribution in [-0.2, 0) is 82.6 Å². The molecule has 700 valence electrons. The Labute approximate surface area is 754 Å². The molecule has 0 N–H and O–H groups in total. The molecule has 7 unspecified atom stereocenters. The third-order valence-electron chi connectivity index (χ3n) is 28.6. The molecular weight excluding hydrogens is 1590 g/mol. The fourth-order valence-corrected chi connectivity index (χ4v) is 19.1. The Morgan fingerprint density at radius 3 is 1.40 bits per heavy atom. The summed E-state index contributed by atoms with van der Waals surface area (Å²) < 4.78 is 54.2. The Balaban J connectivity index is 0.000000222. The van der Waals surface area contributed by atoms with E-state index >= 15 is 0 Å². The van der Waals surface area contributed by atoms with Gasteiger partial charge in [0.15, 0.2) is 19.8 Å². The SMILES string of the molecule is CC1Cc2cc(C(=O)OC(C)(C)C3CCCCC3)ccc2C1C.CCC(C)(C)C(=O)OCCOC(=O)C1CCCCC1C(=O)OCC(=O)OC(C)(C)C12CC3CC(CC(C3)C1)C2.CCC(C)c1ccc(C(=O)OCC(=O)OC(C)(C)C)cc1.CCC(C)c1cccc(C(=O)OC2(CC)CCCCC2)c1.CCC(C)c1cccc(C(=O)OCC(=O)OC(C)(C)CC)c1. The lowest BCUT2D eigenvalue weighted by Crippen LogP contribution is -2.57. The van der Waals surface area contributed by atoms with Crippen LogP contribution < -0.4 is 0 Å². The molecule has 4 aromatic carbocycles. The zero-order valence-corrected chi connectivity index (χ0v) is 80.8. The molecular formula is C106H156O20. The van der Waals surface area contributed by atoms with E-state index in [1.54, 1.807) is 52.8 Å². The van der Waals surface area contributed by atoms with Crippen molar-refractivity contribution in [3.63, 3.8) is 0 Å². The predicted octanol–water partition coefficient (Wildman–Crippen LogP) is 24.2. The van der Waals surface area contributed by atoms with Crippen LogP contribution >= 0.6 is 0 Å². The van der Waals surface area contributed by atoms with Gasteiger partial charge in [0.25, 0.3) is 0 Å². The molecule has 8 aliphatic rings. The van der Waals surface area contributed by atoms with Gasteiger partial charge in [0.05, 0.1) is 39.5 Å². The molecule has 4 aromatic rings. The first kappa shape index (κ1) is 105. The van der Waals surface area contributed by atoms with E-state index in [1.165, 1.54) is 92.9 Å². The minimum absolute atomic E-state index is 0.0141. The van der Waals surface area contributed by atoms with Crippen molar-refractivity contribution < 1.29 is 95.3 Å². The summed E-state index contributed by atoms with van der Waals surface area (Å²) in [5.74, 6) is -0.325. The molecule has 126 heavy (non-hydrogen) atoms. The van der Waals surface area contributed by atoms with Crippen LogP contribution in [0.3, 0.4) is 0 Å². The minimum atomic E-state index is -0.656. The van der Waals surface area contributed by atoms with Crippen LogP contribution in [0.2, 0.25) is 0 Å². The average molecular weight is 1750 g/mol. The molecule has 0 saturated heterocycles. The quantitative estimate of drug-likeness (QED) is 0.0257. The first-order chi connectivity index (χ1) is 59.3. The van der Waals surface area contributed by atoms with Crippen LogP contribution in [0.5, 0.6) is 0 Å². The van der Waals surface area contributed by atoms with Gasteiger partial charge in [-0.15, -0.1) is 0 Å². The average Bonchev–Trinajstić information content (AvgIpc) is 0.754. The van der Waals surface area contributed by atoms with E-state index < -0.39 is 82.4 Å². The smallest absolute Gasteiger partial charge is 0.344 e. The third-order valence-corrected chi connectivity index (χ3v) is 28.6. The van der Waals surface area contributed by atoms with E-state index in [4.69, 9.17) is 47.4 Å². The zero-order chi connectivity index (χ0) is 93.1. The van der Waals surface area contributed by atoms with E-state index in [0.29, 0.717) is 83.4 Å². The van der Waals surface area contributed by atoms with Gasteiger partial charge in [0, 0.05) is 5.41 Å². The van der Waals surface area contributed by atoms with Gasteiger partial charge in [0.2, 0.25) is 0 Å². The van der Waals surface area contributed by atoms with Gasteiger partial charge < -0.3 is 47.4 Å². The van der Waals surface area contributed by atoms with Gasteiger partial charge in [-0.1, -0.05) is 157 Å². The Bertz CT molecular complexity index is 4180. The summed E-state index contributed by atoms with van der Waals surface area (Å²) in [4.78, 5) is 123. The predicted molar refractivity (Wildman–Crippen MR) is 491 cm³/mol. The number of hydrogen-bond acceptors (Lipinski definition) is 20. The first-order valence-electron chi connectivity index (χ1n) is 47.7. The Hall–Kier alpha value is -8.42. The second kappa shape index (κ2) is 47.8. The lowest BCUT2D eigenvalue weighted by Gasteiger charge is -2.61. The number of hydrogen-bond donors (Lipinski definition) is 0. The van der Waals surface area contributed by atoms with Crippen molar-refractivity contribution in [3.05, 3.63) is 141 Å². The number of carbonyl (C=O) groups is 10. The van der Waals surface area contributed by atoms with Crippen molar-refractivity contribution in [2.75, 3.05) is 33.0 Å². The molecule has 7 saturated carbocycles. The number of benzene rings is 4. The van der Waals surface area contributed by atoms with E-state index in [9.17, 15) is 47.9 Å². The van der Waals surface area contributed by atoms with Crippen LogP contribution in [0.4, 0.5) is 0 Å². The van der Waals surface area contributed by atoms with E-state index in [1.807, 2.05) is 96.1 Å². The van der Waals surface area contributed by atoms with Crippen molar-refractivity contribution in [2.45, 2.75) is 377 Å². The highest BCUT2D eigenvalue weighted by atomic mass is 16.6. The number of carbonyl (C=O) groups excluding carboxylic acids is 10. The number of fused-ring (bicyclic) bond motifs is 1. The molecule has 20 nitrogen and oxygen atoms in total. The number of ether oxygens (including phenoxy) is 10. The molecule has 0 radical (unpaired) electrons. The monoisotopic (exact) mass is 1750 g/mol. The molecule has 0 spiro atoms. The largest absolute Gasteiger partial charge is 0.462 e. The van der Waals surface area contributed by atoms with Crippen molar-refractivity contribution in [1.29, 1.82) is 0 Å². The van der Waals surface area contributed by atoms with Gasteiger partial charge in [-0.25, -0.2) is 33.6 Å². The summed E-state index contributed by atoms with van der Waals surface area (Å²) in [6.07, 6.45) is 28.2. The topological polar surface area (TPSA) is 263 Å². The fourth-order valence-electron chi connectivity index (χ4n) is 19.1. The van der Waals surface area contributed by atoms with Crippen molar-refractivity contribution in [1.82, 2.24) is 0 Å². The third kappa shape index (κ3) is 30.9. The summed E-state index contributed by atoms with van der Waals surface area (Å²) in [5, 5.41) is 0. The van der Waals surface area contributed by atoms with Crippen LogP contribution in [0.15, 0.2) is 91.0 Å². The minimum Gasteiger partial charge on any atom is -0.462 e. The standard InChI is InChI=1S/C31H48O8.C21H30O2.C19H28O2.C18H26O4.C17H24O4/c1-6-29(2,3)28(35)37-12-11-36-26(33)23-9-7-8-10-24(23)27(34)38-19-25(32)39-30(4,5)31-16-20-13-21(17-31)15-22(14-20)18-31;1-14-12-17-13-16(10-11-19(17)15(14)2)20(22)23-21(3,4)18-8-6-5-7-9-18;1-4-15(3)16-10-9-11-17(14-16)18(20)21-19(5-2)12-7-6-8-13-19;1-6-13(3)14-9-8-10-15(11-14)17(20)21-12-16(19)22-18(4,5)7-2;1-6-12(2)13-7-9-14(10-8-13)16(19)20-11-15(18)21-17(3,4)5/h20-24H,6-19H2,1-5H3;10-11,13-15,18H,5-9,12H2,1-4H3;9-11,14-15H,4-8,12-13H2,1-3H3;8-11,13H,6-7,12H2,1-5H3;7-10,12H,6,11H2,1-5H3. The highest BCUT2D eigenvalue weighted by Crippen LogP contribution is 2.64. The second-order valence-electron chi connectivity index (χ2n) is 40.7. The Morgan fingerprint density at radius 1 is 0.437 bits per heavy atom. The Kier molecular flexibility index (Phi) is 39.7. The second-order valence-corrected chi connectivity index (χ2v) is 40.7. The van der Waals surface area contributed by atoms with Gasteiger partial charge in [0.1, 0.15) is 41.2 Å². The fraction of sp³-hybridized carbons (Fsp3) is 0.679. The molecule has 7 atom stereocenters. The molecule has 0 aromatic heterocycles. The first-order valence-corrected chi connectivity index (χ1v) is 47.7. The van der Waals surface area contributed by atoms with Crippen molar-refractivity contribution in [3.8, 4) is 0 Å². The van der Waals surface area contributed by atoms with Crippen molar-refractivity contribution >= 4 is 59.7 Å². The van der Waals surface area contributed by atoms with Crippen molar-refractivity contribution in [2.24, 2.45) is 52.3 Å². The summed E-state index contributed by atoms with van der Waals surface area (Å²) in [7, 11) is 0. The van der Waals surface area contributed by atoms with Crippen LogP contribution in [-0.4, -0.2) is 121 Å². The molecule has 0 amide bonds. The summed E-state index contributed by atoms with van der Waals surface area (Å²) in [5.41, 5.74) is 5.64. The lowest BCUT2D eigenvalue weighted by atomic mass is 9.46. The summed E-state index contributed by atoms with van der Waals surface area (Å²) in [6, 6.07) is 28.7. The number of rotatable bonds is 31. The molecule has 8 aliphatic carbocycles. The molecule has 12 rings (SSSR count). The molecule has 0 heterocycles. The van der Waals surface area contributed by atoms with Gasteiger partial charge in [-0.05, 0) is 341 Å². The zero-order valence-electron chi connectivity index (χ0n) is 80.8. The summed E-state index contributed by atoms with van der Waals surface area (Å²) in [6.45, 7) is 42.8. The number of esters is 10. The maximum Gasteiger partial charge on any atom is 0.344 e. The maximum absolute atomic E-state index is 13.0. The van der Waals surface area contributed by atoms with Gasteiger partial charge in [-0.2, -0.15) is 0 Å². The maximum atomic E-state index is 13.0. The van der Waals surface area contributed by atoms with E-state index in [2.05, 4.69) is 94.4 Å². The molecule has 7 fully saturated rings. The highest BCUT2D eigenvalue weighted by Gasteiger charge is 2.59. The van der Waals surface area contributed by atoms with Gasteiger partial charge in [-0.3, -0.25) is 14.4 Å². The van der Waals surface area contributed by atoms with Crippen LogP contribution in [0.1, 0.15) is 412 Å². The highest BCUT2D eigenvalue weighted by molar-refractivity contribution is 5.93. The molecule has 0 aliphatic heterocycles. The van der Waals surface area contributed by atoms with Gasteiger partial charge >= 0.3 is 59.7 Å². The van der Waals surface area contributed by atoms with Crippen LogP contribution in [0, 0.1) is 52.3 Å². The van der Waals surface area contributed by atoms with E-state index in [-0.39, 0.29) is 61.0 Å². The normalized spacial score (nSPS) is 21.9.